The fourth-order valence-corrected chi connectivity index (χ4v) is 3.78. The van der Waals surface area contributed by atoms with Crippen molar-refractivity contribution in [3.8, 4) is 16.9 Å². The molecule has 0 aliphatic heterocycles. The van der Waals surface area contributed by atoms with Crippen molar-refractivity contribution in [2.24, 2.45) is 0 Å². The highest BCUT2D eigenvalue weighted by atomic mass is 32.2. The highest BCUT2D eigenvalue weighted by Crippen LogP contribution is 2.29. The smallest absolute Gasteiger partial charge is 0.331 e. The molecular formula is C25H29NO4S2. The summed E-state index contributed by atoms with van der Waals surface area (Å²) in [6.07, 6.45) is 0.997. The second kappa shape index (κ2) is 12.4. The number of hydrogen-bond acceptors (Lipinski definition) is 5. The number of carbonyl (C=O) groups is 1. The van der Waals surface area contributed by atoms with Gasteiger partial charge < -0.3 is 9.84 Å². The quantitative estimate of drug-likeness (QED) is 0.288. The van der Waals surface area contributed by atoms with Crippen molar-refractivity contribution < 1.29 is 18.8 Å². The monoisotopic (exact) mass is 471 g/mol. The maximum Gasteiger partial charge on any atom is 0.331 e. The van der Waals surface area contributed by atoms with Crippen LogP contribution in [0.3, 0.4) is 0 Å². The lowest BCUT2D eigenvalue weighted by Crippen LogP contribution is -2.10. The van der Waals surface area contributed by atoms with Crippen LogP contribution in [-0.2, 0) is 22.0 Å². The third kappa shape index (κ3) is 6.95. The van der Waals surface area contributed by atoms with Crippen LogP contribution in [-0.4, -0.2) is 24.7 Å². The Labute approximate surface area is 201 Å². The van der Waals surface area contributed by atoms with Crippen molar-refractivity contribution in [1.82, 2.24) is 0 Å². The summed E-state index contributed by atoms with van der Waals surface area (Å²) in [4.78, 5) is 10.5. The van der Waals surface area contributed by atoms with Crippen LogP contribution in [0.5, 0.6) is 5.75 Å². The zero-order valence-corrected chi connectivity index (χ0v) is 20.3. The average molecular weight is 472 g/mol. The summed E-state index contributed by atoms with van der Waals surface area (Å²) in [5, 5.41) is 8.64. The molecule has 32 heavy (non-hydrogen) atoms. The summed E-state index contributed by atoms with van der Waals surface area (Å²) in [7, 11) is 1.81. The Kier molecular flexibility index (Phi) is 9.97. The minimum atomic E-state index is -0.998. The number of benzene rings is 3. The van der Waals surface area contributed by atoms with Gasteiger partial charge in [-0.1, -0.05) is 43.3 Å². The second-order valence-electron chi connectivity index (χ2n) is 7.17. The van der Waals surface area contributed by atoms with E-state index in [0.717, 1.165) is 35.6 Å². The summed E-state index contributed by atoms with van der Waals surface area (Å²) in [5.74, 6) is -0.230. The predicted molar refractivity (Wildman–Crippen MR) is 137 cm³/mol. The molecule has 0 unspecified atom stereocenters. The van der Waals surface area contributed by atoms with Crippen molar-refractivity contribution in [1.29, 1.82) is 0 Å². The van der Waals surface area contributed by atoms with E-state index >= 15 is 0 Å². The van der Waals surface area contributed by atoms with Gasteiger partial charge in [0.15, 0.2) is 6.61 Å². The number of rotatable bonds is 10. The molecule has 0 radical (unpaired) electrons. The molecule has 7 heteroatoms. The van der Waals surface area contributed by atoms with E-state index in [0.29, 0.717) is 6.61 Å². The van der Waals surface area contributed by atoms with E-state index in [1.54, 1.807) is 4.31 Å². The Bertz CT molecular complexity index is 1020. The Hall–Kier alpha value is -2.61. The van der Waals surface area contributed by atoms with Crippen molar-refractivity contribution in [2.75, 3.05) is 18.0 Å². The molecule has 0 atom stereocenters. The number of ether oxygens (including phenoxy) is 1. The molecule has 0 heterocycles. The average Bonchev–Trinajstić information content (AvgIpc) is 2.78. The molecule has 3 rings (SSSR count). The van der Waals surface area contributed by atoms with Gasteiger partial charge in [-0.25, -0.2) is 4.79 Å². The van der Waals surface area contributed by atoms with Gasteiger partial charge in [0.2, 0.25) is 0 Å². The largest absolute Gasteiger partial charge is 0.489 e. The summed E-state index contributed by atoms with van der Waals surface area (Å²) >= 11 is 0.989. The third-order valence-electron chi connectivity index (χ3n) is 4.94. The van der Waals surface area contributed by atoms with Gasteiger partial charge >= 0.3 is 5.97 Å². The van der Waals surface area contributed by atoms with E-state index in [2.05, 4.69) is 56.3 Å². The van der Waals surface area contributed by atoms with Crippen LogP contribution in [0.25, 0.3) is 11.1 Å². The third-order valence-corrected chi connectivity index (χ3v) is 5.60. The van der Waals surface area contributed by atoms with Gasteiger partial charge in [-0.15, -0.1) is 0 Å². The highest BCUT2D eigenvalue weighted by Gasteiger charge is 2.09. The molecule has 3 aromatic rings. The number of anilines is 1. The summed E-state index contributed by atoms with van der Waals surface area (Å²) < 4.78 is 12.8. The second-order valence-corrected chi connectivity index (χ2v) is 8.10. The van der Waals surface area contributed by atoms with Crippen molar-refractivity contribution in [2.45, 2.75) is 26.9 Å². The number of carboxylic acid groups (broad SMARTS) is 1. The molecule has 170 valence electrons. The van der Waals surface area contributed by atoms with Crippen molar-refractivity contribution >= 4 is 37.4 Å². The minimum Gasteiger partial charge on any atom is -0.489 e. The van der Waals surface area contributed by atoms with Crippen LogP contribution in [0.15, 0.2) is 66.7 Å². The predicted octanol–water partition coefficient (Wildman–Crippen LogP) is 6.02. The molecule has 0 aliphatic rings. The van der Waals surface area contributed by atoms with Gasteiger partial charge in [0, 0.05) is 12.7 Å². The number of nitrogens with zero attached hydrogens (tertiary/aromatic N) is 1. The molecule has 0 fully saturated rings. The maximum absolute atomic E-state index is 10.5. The van der Waals surface area contributed by atoms with Crippen LogP contribution >= 0.6 is 25.7 Å². The normalized spacial score (nSPS) is 10.3. The number of carboxylic acids is 1. The molecule has 3 aromatic carbocycles. The van der Waals surface area contributed by atoms with E-state index in [9.17, 15) is 4.79 Å². The molecule has 0 amide bonds. The summed E-state index contributed by atoms with van der Waals surface area (Å²) in [5.41, 5.74) is 7.11. The lowest BCUT2D eigenvalue weighted by Gasteiger charge is -2.17. The molecule has 0 spiro atoms. The van der Waals surface area contributed by atoms with E-state index in [1.807, 2.05) is 31.3 Å². The minimum absolute atomic E-state index is 0. The number of hydrogen-bond donors (Lipinski definition) is 1. The zero-order chi connectivity index (χ0) is 22.2. The van der Waals surface area contributed by atoms with Crippen LogP contribution in [0.1, 0.15) is 23.6 Å². The highest BCUT2D eigenvalue weighted by molar-refractivity contribution is 7.96. The zero-order valence-electron chi connectivity index (χ0n) is 18.5. The summed E-state index contributed by atoms with van der Waals surface area (Å²) in [6.45, 7) is 4.45. The fourth-order valence-electron chi connectivity index (χ4n) is 3.26. The van der Waals surface area contributed by atoms with Gasteiger partial charge in [0.1, 0.15) is 24.6 Å². The molecular weight excluding hydrogens is 442 g/mol. The van der Waals surface area contributed by atoms with Gasteiger partial charge in [0.25, 0.3) is 0 Å². The van der Waals surface area contributed by atoms with Crippen LogP contribution in [0, 0.1) is 6.92 Å². The molecule has 0 saturated carbocycles. The first-order valence-corrected chi connectivity index (χ1v) is 10.8. The molecule has 0 aromatic heterocycles. The Morgan fingerprint density at radius 2 is 1.75 bits per heavy atom. The van der Waals surface area contributed by atoms with Crippen LogP contribution in [0.4, 0.5) is 5.69 Å². The van der Waals surface area contributed by atoms with Gasteiger partial charge in [-0.2, -0.15) is 13.5 Å². The van der Waals surface area contributed by atoms with Gasteiger partial charge in [0.05, 0.1) is 0 Å². The van der Waals surface area contributed by atoms with Crippen molar-refractivity contribution in [3.63, 3.8) is 0 Å². The molecule has 1 N–H and O–H groups in total. The molecule has 0 bridgehead atoms. The van der Waals surface area contributed by atoms with E-state index in [4.69, 9.17) is 14.0 Å². The standard InChI is InChI=1S/C25H27NO4S.H2S/c1-4-20-7-5-6-8-23(20)24-15-19(10-9-18(24)2)16-29-22-13-11-21(12-14-22)26(3)31-30-17-25(27)28;/h5-15H,4,16-17H2,1-3H3,(H,27,28);1H2. The van der Waals surface area contributed by atoms with E-state index < -0.39 is 5.97 Å². The fraction of sp³-hybridized carbons (Fsp3) is 0.240. The lowest BCUT2D eigenvalue weighted by atomic mass is 9.93. The molecule has 0 aliphatic carbocycles. The van der Waals surface area contributed by atoms with E-state index in [1.165, 1.54) is 22.3 Å². The Balaban J connectivity index is 0.00000363. The van der Waals surface area contributed by atoms with Crippen molar-refractivity contribution in [3.05, 3.63) is 83.4 Å². The first kappa shape index (κ1) is 25.6. The Morgan fingerprint density at radius 3 is 2.44 bits per heavy atom. The maximum atomic E-state index is 10.5. The number of aryl methyl sites for hydroxylation is 2. The first-order chi connectivity index (χ1) is 15.0. The topological polar surface area (TPSA) is 59.0 Å². The molecule has 0 saturated heterocycles. The van der Waals surface area contributed by atoms with Gasteiger partial charge in [-0.05, 0) is 71.5 Å². The van der Waals surface area contributed by atoms with Crippen LogP contribution in [0.2, 0.25) is 0 Å². The van der Waals surface area contributed by atoms with Gasteiger partial charge in [-0.3, -0.25) is 8.49 Å². The van der Waals surface area contributed by atoms with E-state index in [-0.39, 0.29) is 20.1 Å². The Morgan fingerprint density at radius 1 is 1.03 bits per heavy atom. The SMILES string of the molecule is CCc1ccccc1-c1cc(COc2ccc(N(C)SOCC(=O)O)cc2)ccc1C.S. The first-order valence-electron chi connectivity index (χ1n) is 10.1. The molecule has 5 nitrogen and oxygen atoms in total. The summed E-state index contributed by atoms with van der Waals surface area (Å²) in [6, 6.07) is 22.6. The number of aliphatic carboxylic acids is 1. The lowest BCUT2D eigenvalue weighted by molar-refractivity contribution is -0.138. The van der Waals surface area contributed by atoms with Crippen LogP contribution < -0.4 is 9.04 Å².